The molecule has 1 aromatic carbocycles. The smallest absolute Gasteiger partial charge is 0.178 e. The van der Waals surface area contributed by atoms with Gasteiger partial charge in [-0.05, 0) is 25.0 Å². The molecule has 0 fully saturated rings. The minimum absolute atomic E-state index is 0.106. The Morgan fingerprint density at radius 1 is 1.19 bits per heavy atom. The van der Waals surface area contributed by atoms with Crippen LogP contribution in [0, 0.1) is 0 Å². The van der Waals surface area contributed by atoms with E-state index in [0.717, 1.165) is 0 Å². The topological polar surface area (TPSA) is 86.2 Å². The molecule has 0 spiro atoms. The molecule has 0 aliphatic heterocycles. The molecule has 1 aromatic rings. The molecule has 4 nitrogen and oxygen atoms in total. The Labute approximate surface area is 96.6 Å². The Balaban J connectivity index is 2.54. The van der Waals surface area contributed by atoms with Crippen molar-refractivity contribution in [2.24, 2.45) is 11.5 Å². The van der Waals surface area contributed by atoms with Gasteiger partial charge in [0.15, 0.2) is 9.84 Å². The van der Waals surface area contributed by atoms with Gasteiger partial charge in [0.1, 0.15) is 0 Å². The molecule has 0 saturated carbocycles. The van der Waals surface area contributed by atoms with Crippen LogP contribution in [-0.2, 0) is 9.84 Å². The van der Waals surface area contributed by atoms with Crippen LogP contribution in [0.15, 0.2) is 35.2 Å². The number of rotatable bonds is 6. The third kappa shape index (κ3) is 3.92. The van der Waals surface area contributed by atoms with E-state index in [9.17, 15) is 8.42 Å². The maximum absolute atomic E-state index is 11.8. The van der Waals surface area contributed by atoms with Crippen molar-refractivity contribution in [1.29, 1.82) is 0 Å². The molecule has 1 atom stereocenters. The number of nitrogens with two attached hydrogens (primary N) is 2. The highest BCUT2D eigenvalue weighted by Crippen LogP contribution is 2.12. The van der Waals surface area contributed by atoms with Crippen LogP contribution in [0.1, 0.15) is 12.8 Å². The Hall–Kier alpha value is -0.910. The Kier molecular flexibility index (Phi) is 4.92. The second-order valence-electron chi connectivity index (χ2n) is 3.77. The second-order valence-corrected chi connectivity index (χ2v) is 5.88. The summed E-state index contributed by atoms with van der Waals surface area (Å²) in [6.45, 7) is 0.394. The summed E-state index contributed by atoms with van der Waals surface area (Å²) < 4.78 is 23.7. The molecule has 0 radical (unpaired) electrons. The van der Waals surface area contributed by atoms with Crippen LogP contribution in [0.5, 0.6) is 0 Å². The van der Waals surface area contributed by atoms with Crippen molar-refractivity contribution >= 4 is 9.84 Å². The SMILES string of the molecule is NC[C@@H](N)CCCS(=O)(=O)c1ccccc1. The molecule has 0 amide bonds. The molecule has 1 rings (SSSR count). The average Bonchev–Trinajstić information content (AvgIpc) is 2.30. The molecule has 0 unspecified atom stereocenters. The van der Waals surface area contributed by atoms with Gasteiger partial charge >= 0.3 is 0 Å². The average molecular weight is 242 g/mol. The zero-order valence-electron chi connectivity index (χ0n) is 9.17. The summed E-state index contributed by atoms with van der Waals surface area (Å²) in [4.78, 5) is 0.372. The zero-order chi connectivity index (χ0) is 12.0. The molecule has 5 heteroatoms. The largest absolute Gasteiger partial charge is 0.329 e. The van der Waals surface area contributed by atoms with Crippen LogP contribution >= 0.6 is 0 Å². The first-order chi connectivity index (χ1) is 7.56. The lowest BCUT2D eigenvalue weighted by Gasteiger charge is -2.08. The number of hydrogen-bond donors (Lipinski definition) is 2. The van der Waals surface area contributed by atoms with Gasteiger partial charge in [-0.3, -0.25) is 0 Å². The fraction of sp³-hybridized carbons (Fsp3) is 0.455. The van der Waals surface area contributed by atoms with E-state index in [1.165, 1.54) is 0 Å². The summed E-state index contributed by atoms with van der Waals surface area (Å²) in [6, 6.07) is 8.35. The van der Waals surface area contributed by atoms with E-state index in [-0.39, 0.29) is 11.8 Å². The quantitative estimate of drug-likeness (QED) is 0.761. The fourth-order valence-electron chi connectivity index (χ4n) is 1.40. The first-order valence-corrected chi connectivity index (χ1v) is 6.95. The molecule has 16 heavy (non-hydrogen) atoms. The van der Waals surface area contributed by atoms with E-state index in [4.69, 9.17) is 11.5 Å². The monoisotopic (exact) mass is 242 g/mol. The number of benzene rings is 1. The molecule has 0 saturated heterocycles. The predicted octanol–water partition coefficient (Wildman–Crippen LogP) is 0.526. The third-order valence-corrected chi connectivity index (χ3v) is 4.21. The van der Waals surface area contributed by atoms with Gasteiger partial charge in [0.2, 0.25) is 0 Å². The minimum Gasteiger partial charge on any atom is -0.329 e. The Bertz CT molecular complexity index is 403. The van der Waals surface area contributed by atoms with Crippen LogP contribution in [0.4, 0.5) is 0 Å². The highest BCUT2D eigenvalue weighted by Gasteiger charge is 2.13. The standard InChI is InChI=1S/C11H18N2O2S/c12-9-10(13)5-4-8-16(14,15)11-6-2-1-3-7-11/h1-3,6-7,10H,4-5,8-9,12-13H2/t10-/m0/s1. The Morgan fingerprint density at radius 2 is 1.81 bits per heavy atom. The summed E-state index contributed by atoms with van der Waals surface area (Å²) in [5.74, 6) is 0.130. The van der Waals surface area contributed by atoms with Gasteiger partial charge < -0.3 is 11.5 Å². The molecule has 90 valence electrons. The molecular weight excluding hydrogens is 224 g/mol. The fourth-order valence-corrected chi connectivity index (χ4v) is 2.75. The summed E-state index contributed by atoms with van der Waals surface area (Å²) in [5.41, 5.74) is 11.0. The van der Waals surface area contributed by atoms with E-state index in [2.05, 4.69) is 0 Å². The van der Waals surface area contributed by atoms with Gasteiger partial charge in [-0.15, -0.1) is 0 Å². The summed E-state index contributed by atoms with van der Waals surface area (Å²) in [7, 11) is -3.16. The summed E-state index contributed by atoms with van der Waals surface area (Å²) in [5, 5.41) is 0. The highest BCUT2D eigenvalue weighted by molar-refractivity contribution is 7.91. The predicted molar refractivity (Wildman–Crippen MR) is 64.8 cm³/mol. The molecule has 0 aliphatic carbocycles. The van der Waals surface area contributed by atoms with Crippen LogP contribution < -0.4 is 11.5 Å². The van der Waals surface area contributed by atoms with Crippen molar-refractivity contribution in [3.8, 4) is 0 Å². The highest BCUT2D eigenvalue weighted by atomic mass is 32.2. The molecule has 0 aliphatic rings. The lowest BCUT2D eigenvalue weighted by Crippen LogP contribution is -2.29. The van der Waals surface area contributed by atoms with Gasteiger partial charge in [0.05, 0.1) is 10.6 Å². The molecule has 0 aromatic heterocycles. The van der Waals surface area contributed by atoms with E-state index < -0.39 is 9.84 Å². The second kappa shape index (κ2) is 5.98. The zero-order valence-corrected chi connectivity index (χ0v) is 9.99. The first-order valence-electron chi connectivity index (χ1n) is 5.29. The van der Waals surface area contributed by atoms with Gasteiger partial charge in [0, 0.05) is 12.6 Å². The lowest BCUT2D eigenvalue weighted by molar-refractivity contribution is 0.578. The van der Waals surface area contributed by atoms with E-state index >= 15 is 0 Å². The van der Waals surface area contributed by atoms with Crippen molar-refractivity contribution < 1.29 is 8.42 Å². The van der Waals surface area contributed by atoms with Crippen LogP contribution in [0.25, 0.3) is 0 Å². The van der Waals surface area contributed by atoms with E-state index in [1.54, 1.807) is 30.3 Å². The van der Waals surface area contributed by atoms with Gasteiger partial charge in [-0.2, -0.15) is 0 Å². The van der Waals surface area contributed by atoms with Crippen molar-refractivity contribution in [3.63, 3.8) is 0 Å². The van der Waals surface area contributed by atoms with Gasteiger partial charge in [-0.25, -0.2) is 8.42 Å². The minimum atomic E-state index is -3.16. The van der Waals surface area contributed by atoms with Gasteiger partial charge in [-0.1, -0.05) is 18.2 Å². The molecule has 0 bridgehead atoms. The first kappa shape index (κ1) is 13.2. The van der Waals surface area contributed by atoms with Crippen molar-refractivity contribution in [3.05, 3.63) is 30.3 Å². The molecule has 0 heterocycles. The third-order valence-electron chi connectivity index (χ3n) is 2.39. The summed E-state index contributed by atoms with van der Waals surface area (Å²) >= 11 is 0. The maximum Gasteiger partial charge on any atom is 0.178 e. The summed E-state index contributed by atoms with van der Waals surface area (Å²) in [6.07, 6.45) is 1.19. The van der Waals surface area contributed by atoms with Crippen LogP contribution in [-0.4, -0.2) is 26.8 Å². The van der Waals surface area contributed by atoms with Crippen molar-refractivity contribution in [2.45, 2.75) is 23.8 Å². The molecule has 4 N–H and O–H groups in total. The maximum atomic E-state index is 11.8. The number of hydrogen-bond acceptors (Lipinski definition) is 4. The Morgan fingerprint density at radius 3 is 2.38 bits per heavy atom. The lowest BCUT2D eigenvalue weighted by atomic mass is 10.2. The van der Waals surface area contributed by atoms with Crippen molar-refractivity contribution in [1.82, 2.24) is 0 Å². The van der Waals surface area contributed by atoms with Crippen LogP contribution in [0.3, 0.4) is 0 Å². The van der Waals surface area contributed by atoms with E-state index in [1.807, 2.05) is 0 Å². The van der Waals surface area contributed by atoms with Crippen molar-refractivity contribution in [2.75, 3.05) is 12.3 Å². The number of sulfone groups is 1. The van der Waals surface area contributed by atoms with E-state index in [0.29, 0.717) is 24.3 Å². The van der Waals surface area contributed by atoms with Gasteiger partial charge in [0.25, 0.3) is 0 Å². The normalized spacial score (nSPS) is 13.6. The molecular formula is C11H18N2O2S. The van der Waals surface area contributed by atoms with Crippen LogP contribution in [0.2, 0.25) is 0 Å².